The first kappa shape index (κ1) is 23.6. The molecule has 0 saturated heterocycles. The number of hydrogen-bond donors (Lipinski definition) is 1. The van der Waals surface area contributed by atoms with Crippen molar-refractivity contribution in [1.82, 2.24) is 0 Å². The molecule has 1 N–H and O–H groups in total. The van der Waals surface area contributed by atoms with Gasteiger partial charge in [-0.15, -0.1) is 0 Å². The van der Waals surface area contributed by atoms with Crippen LogP contribution in [0.15, 0.2) is 23.3 Å². The summed E-state index contributed by atoms with van der Waals surface area (Å²) in [6.45, 7) is 14.8. The lowest BCUT2D eigenvalue weighted by Gasteiger charge is -2.58. The molecule has 4 rings (SSSR count). The third-order valence-corrected chi connectivity index (χ3v) is 11.3. The molecule has 0 aromatic heterocycles. The van der Waals surface area contributed by atoms with E-state index >= 15 is 0 Å². The number of rotatable bonds is 6. The molecule has 9 atom stereocenters. The molecular formula is C30H50O. The predicted molar refractivity (Wildman–Crippen MR) is 133 cm³/mol. The molecule has 0 aromatic rings. The normalized spacial score (nSPS) is 44.7. The van der Waals surface area contributed by atoms with E-state index in [4.69, 9.17) is 0 Å². The Bertz CT molecular complexity index is 703. The molecule has 0 amide bonds. The smallest absolute Gasteiger partial charge is 0.0577 e. The van der Waals surface area contributed by atoms with Gasteiger partial charge in [-0.1, -0.05) is 57.9 Å². The average molecular weight is 427 g/mol. The van der Waals surface area contributed by atoms with Crippen LogP contribution in [0.3, 0.4) is 0 Å². The molecule has 0 spiro atoms. The molecule has 9 unspecified atom stereocenters. The zero-order valence-corrected chi connectivity index (χ0v) is 21.4. The lowest BCUT2D eigenvalue weighted by molar-refractivity contribution is -0.0571. The number of allylic oxidation sites excluding steroid dienone is 3. The number of fused-ring (bicyclic) bond motifs is 5. The lowest BCUT2D eigenvalue weighted by atomic mass is 9.47. The highest BCUT2D eigenvalue weighted by Gasteiger charge is 2.59. The summed E-state index contributed by atoms with van der Waals surface area (Å²) in [5, 5.41) is 10.3. The number of aliphatic hydroxyl groups is 1. The average Bonchev–Trinajstić information content (AvgIpc) is 3.11. The highest BCUT2D eigenvalue weighted by Crippen LogP contribution is 2.67. The zero-order chi connectivity index (χ0) is 22.4. The maximum absolute atomic E-state index is 10.3. The summed E-state index contributed by atoms with van der Waals surface area (Å²) < 4.78 is 0. The predicted octanol–water partition coefficient (Wildman–Crippen LogP) is 8.34. The van der Waals surface area contributed by atoms with Crippen LogP contribution in [0, 0.1) is 46.3 Å². The summed E-state index contributed by atoms with van der Waals surface area (Å²) in [4.78, 5) is 0. The van der Waals surface area contributed by atoms with Gasteiger partial charge in [0.05, 0.1) is 6.10 Å². The van der Waals surface area contributed by atoms with E-state index in [-0.39, 0.29) is 6.10 Å². The second kappa shape index (κ2) is 9.00. The van der Waals surface area contributed by atoms with Crippen LogP contribution in [0.4, 0.5) is 0 Å². The maximum atomic E-state index is 10.3. The van der Waals surface area contributed by atoms with Crippen LogP contribution >= 0.6 is 0 Å². The summed E-state index contributed by atoms with van der Waals surface area (Å²) in [6, 6.07) is 0. The highest BCUT2D eigenvalue weighted by atomic mass is 16.3. The van der Waals surface area contributed by atoms with Gasteiger partial charge in [-0.2, -0.15) is 0 Å². The maximum Gasteiger partial charge on any atom is 0.0577 e. The molecule has 1 nitrogen and oxygen atoms in total. The molecule has 4 aliphatic carbocycles. The van der Waals surface area contributed by atoms with E-state index in [1.54, 1.807) is 11.1 Å². The van der Waals surface area contributed by atoms with Crippen LogP contribution in [0.2, 0.25) is 0 Å². The van der Waals surface area contributed by atoms with E-state index in [1.807, 2.05) is 0 Å². The molecular weight excluding hydrogens is 376 g/mol. The topological polar surface area (TPSA) is 20.2 Å². The van der Waals surface area contributed by atoms with Crippen molar-refractivity contribution in [2.45, 2.75) is 118 Å². The van der Waals surface area contributed by atoms with Crippen molar-refractivity contribution in [2.24, 2.45) is 46.3 Å². The van der Waals surface area contributed by atoms with Crippen molar-refractivity contribution in [1.29, 1.82) is 0 Å². The Balaban J connectivity index is 1.47. The summed E-state index contributed by atoms with van der Waals surface area (Å²) in [7, 11) is 0. The standard InChI is InChI=1S/C30H50O/c1-7-20(3)22(8-2)10-9-21(4)26-13-14-27-25-12-11-23-19-24(31)15-17-29(23,5)28(25)16-18-30(26,27)6/h8,11,20-21,24-28,31H,7,9-10,12-19H2,1-6H3. The van der Waals surface area contributed by atoms with Crippen molar-refractivity contribution in [2.75, 3.05) is 0 Å². The molecule has 0 heterocycles. The van der Waals surface area contributed by atoms with E-state index in [1.165, 1.54) is 57.8 Å². The molecule has 0 aromatic carbocycles. The van der Waals surface area contributed by atoms with Crippen molar-refractivity contribution >= 4 is 0 Å². The first-order chi connectivity index (χ1) is 14.7. The summed E-state index contributed by atoms with van der Waals surface area (Å²) >= 11 is 0. The Hall–Kier alpha value is -0.560. The third-order valence-electron chi connectivity index (χ3n) is 11.3. The fourth-order valence-corrected chi connectivity index (χ4v) is 9.15. The van der Waals surface area contributed by atoms with Gasteiger partial charge in [0.15, 0.2) is 0 Å². The Labute approximate surface area is 193 Å². The zero-order valence-electron chi connectivity index (χ0n) is 21.4. The second-order valence-corrected chi connectivity index (χ2v) is 12.6. The van der Waals surface area contributed by atoms with Crippen molar-refractivity contribution < 1.29 is 5.11 Å². The third kappa shape index (κ3) is 4.00. The van der Waals surface area contributed by atoms with E-state index in [0.29, 0.717) is 10.8 Å². The van der Waals surface area contributed by atoms with Crippen LogP contribution in [-0.4, -0.2) is 11.2 Å². The van der Waals surface area contributed by atoms with Gasteiger partial charge < -0.3 is 5.11 Å². The van der Waals surface area contributed by atoms with Gasteiger partial charge >= 0.3 is 0 Å². The van der Waals surface area contributed by atoms with Crippen LogP contribution in [0.25, 0.3) is 0 Å². The number of aliphatic hydroxyl groups excluding tert-OH is 1. The minimum Gasteiger partial charge on any atom is -0.393 e. The molecule has 1 heteroatoms. The van der Waals surface area contributed by atoms with Crippen LogP contribution in [0.1, 0.15) is 112 Å². The van der Waals surface area contributed by atoms with Gasteiger partial charge in [-0.3, -0.25) is 0 Å². The van der Waals surface area contributed by atoms with Crippen molar-refractivity contribution in [3.63, 3.8) is 0 Å². The van der Waals surface area contributed by atoms with Gasteiger partial charge in [0.25, 0.3) is 0 Å². The largest absolute Gasteiger partial charge is 0.393 e. The second-order valence-electron chi connectivity index (χ2n) is 12.6. The Morgan fingerprint density at radius 1 is 1.13 bits per heavy atom. The molecule has 0 aliphatic heterocycles. The summed E-state index contributed by atoms with van der Waals surface area (Å²) in [6.07, 6.45) is 19.1. The fraction of sp³-hybridized carbons (Fsp3) is 0.867. The molecule has 0 bridgehead atoms. The Morgan fingerprint density at radius 3 is 2.61 bits per heavy atom. The quantitative estimate of drug-likeness (QED) is 0.423. The first-order valence-corrected chi connectivity index (χ1v) is 13.8. The lowest BCUT2D eigenvalue weighted by Crippen LogP contribution is -2.50. The van der Waals surface area contributed by atoms with Crippen LogP contribution in [-0.2, 0) is 0 Å². The molecule has 31 heavy (non-hydrogen) atoms. The summed E-state index contributed by atoms with van der Waals surface area (Å²) in [5.41, 5.74) is 4.24. The van der Waals surface area contributed by atoms with Gasteiger partial charge in [-0.25, -0.2) is 0 Å². The van der Waals surface area contributed by atoms with E-state index in [0.717, 1.165) is 48.3 Å². The van der Waals surface area contributed by atoms with Gasteiger partial charge in [0, 0.05) is 0 Å². The Kier molecular flexibility index (Phi) is 6.85. The van der Waals surface area contributed by atoms with E-state index < -0.39 is 0 Å². The van der Waals surface area contributed by atoms with Crippen LogP contribution in [0.5, 0.6) is 0 Å². The Morgan fingerprint density at radius 2 is 1.90 bits per heavy atom. The van der Waals surface area contributed by atoms with E-state index in [2.05, 4.69) is 53.7 Å². The van der Waals surface area contributed by atoms with Gasteiger partial charge in [0.2, 0.25) is 0 Å². The first-order valence-electron chi connectivity index (χ1n) is 13.8. The van der Waals surface area contributed by atoms with E-state index in [9.17, 15) is 5.11 Å². The van der Waals surface area contributed by atoms with Gasteiger partial charge in [0.1, 0.15) is 0 Å². The summed E-state index contributed by atoms with van der Waals surface area (Å²) in [5.74, 6) is 5.20. The molecule has 176 valence electrons. The van der Waals surface area contributed by atoms with Crippen molar-refractivity contribution in [3.8, 4) is 0 Å². The molecule has 4 aliphatic rings. The molecule has 0 radical (unpaired) electrons. The number of hydrogen-bond acceptors (Lipinski definition) is 1. The van der Waals surface area contributed by atoms with Crippen molar-refractivity contribution in [3.05, 3.63) is 23.3 Å². The monoisotopic (exact) mass is 426 g/mol. The van der Waals surface area contributed by atoms with Gasteiger partial charge in [-0.05, 0) is 124 Å². The van der Waals surface area contributed by atoms with Crippen LogP contribution < -0.4 is 0 Å². The SMILES string of the molecule is CC=C(CCC(C)C1CCC2C3CC=C4CC(O)CCC4(C)C3CCC12C)C(C)CC. The highest BCUT2D eigenvalue weighted by molar-refractivity contribution is 5.25. The molecule has 3 saturated carbocycles. The minimum atomic E-state index is -0.0843. The fourth-order valence-electron chi connectivity index (χ4n) is 9.15. The minimum absolute atomic E-state index is 0.0843. The molecule has 3 fully saturated rings.